The zero-order valence-electron chi connectivity index (χ0n) is 12.1. The molecule has 3 N–H and O–H groups in total. The Kier molecular flexibility index (Phi) is 4.86. The number of hydrogen-bond acceptors (Lipinski definition) is 2. The lowest BCUT2D eigenvalue weighted by Crippen LogP contribution is -2.27. The van der Waals surface area contributed by atoms with E-state index < -0.39 is 11.9 Å². The lowest BCUT2D eigenvalue weighted by atomic mass is 9.98. The van der Waals surface area contributed by atoms with Crippen LogP contribution >= 0.6 is 11.6 Å². The Bertz CT molecular complexity index is 623. The van der Waals surface area contributed by atoms with Gasteiger partial charge in [0, 0.05) is 0 Å². The number of nitrogens with two attached hydrogens (primary N) is 1. The fraction of sp³-hybridized carbons (Fsp3) is 0.235. The summed E-state index contributed by atoms with van der Waals surface area (Å²) in [4.78, 5) is 11.8. The number of halogens is 1. The number of nitrogens with one attached hydrogen (secondary N) is 1. The maximum Gasteiger partial charge on any atom is 0.244 e. The number of carbonyl (C=O) groups is 1. The molecular formula is C17H19ClN2O. The monoisotopic (exact) mass is 302 g/mol. The van der Waals surface area contributed by atoms with Gasteiger partial charge in [0.1, 0.15) is 6.04 Å². The topological polar surface area (TPSA) is 55.1 Å². The molecule has 0 heterocycles. The molecule has 21 heavy (non-hydrogen) atoms. The van der Waals surface area contributed by atoms with Crippen LogP contribution in [0.4, 0.5) is 5.69 Å². The van der Waals surface area contributed by atoms with Crippen LogP contribution in [-0.4, -0.2) is 5.91 Å². The minimum absolute atomic E-state index is 0.438. The predicted molar refractivity (Wildman–Crippen MR) is 87.5 cm³/mol. The third kappa shape index (κ3) is 3.76. The van der Waals surface area contributed by atoms with Gasteiger partial charge in [0.25, 0.3) is 0 Å². The number of hydrogen-bond donors (Lipinski definition) is 2. The number of para-hydroxylation sites is 1. The Morgan fingerprint density at radius 2 is 1.62 bits per heavy atom. The molecule has 0 aliphatic rings. The smallest absolute Gasteiger partial charge is 0.244 e. The number of benzene rings is 2. The van der Waals surface area contributed by atoms with Gasteiger partial charge < -0.3 is 11.1 Å². The molecule has 0 bridgehead atoms. The van der Waals surface area contributed by atoms with Crippen molar-refractivity contribution in [2.24, 2.45) is 5.73 Å². The third-order valence-corrected chi connectivity index (χ3v) is 3.72. The maximum absolute atomic E-state index is 11.8. The van der Waals surface area contributed by atoms with E-state index in [1.165, 1.54) is 5.56 Å². The molecule has 3 nitrogen and oxygen atoms in total. The number of rotatable bonds is 5. The first-order valence-corrected chi connectivity index (χ1v) is 7.27. The van der Waals surface area contributed by atoms with E-state index in [1.54, 1.807) is 6.07 Å². The summed E-state index contributed by atoms with van der Waals surface area (Å²) in [5.74, 6) is 0.00909. The van der Waals surface area contributed by atoms with E-state index in [0.29, 0.717) is 16.6 Å². The Balaban J connectivity index is 2.27. The fourth-order valence-electron chi connectivity index (χ4n) is 2.13. The quantitative estimate of drug-likeness (QED) is 0.873. The molecule has 0 fully saturated rings. The van der Waals surface area contributed by atoms with Gasteiger partial charge in [-0.05, 0) is 29.2 Å². The predicted octanol–water partition coefficient (Wildman–Crippen LogP) is 4.10. The van der Waals surface area contributed by atoms with Crippen LogP contribution in [0.3, 0.4) is 0 Å². The van der Waals surface area contributed by atoms with Crippen LogP contribution < -0.4 is 11.1 Å². The molecule has 2 rings (SSSR count). The largest absolute Gasteiger partial charge is 0.369 e. The molecule has 0 saturated carbocycles. The highest BCUT2D eigenvalue weighted by Gasteiger charge is 2.18. The first kappa shape index (κ1) is 15.4. The van der Waals surface area contributed by atoms with Crippen LogP contribution in [0, 0.1) is 0 Å². The summed E-state index contributed by atoms with van der Waals surface area (Å²) >= 11 is 6.11. The van der Waals surface area contributed by atoms with E-state index in [0.717, 1.165) is 5.56 Å². The van der Waals surface area contributed by atoms with Gasteiger partial charge in [0.05, 0.1) is 10.7 Å². The molecule has 0 aliphatic heterocycles. The second-order valence-corrected chi connectivity index (χ2v) is 5.69. The molecule has 2 aromatic rings. The molecule has 2 aromatic carbocycles. The standard InChI is InChI=1S/C17H19ClN2O/c1-11(2)12-7-9-13(10-8-12)16(17(19)21)20-15-6-4-3-5-14(15)18/h3-11,16,20H,1-2H3,(H2,19,21). The van der Waals surface area contributed by atoms with Crippen molar-refractivity contribution in [2.45, 2.75) is 25.8 Å². The highest BCUT2D eigenvalue weighted by atomic mass is 35.5. The highest BCUT2D eigenvalue weighted by Crippen LogP contribution is 2.26. The van der Waals surface area contributed by atoms with Gasteiger partial charge in [0.15, 0.2) is 0 Å². The molecule has 0 aromatic heterocycles. The summed E-state index contributed by atoms with van der Waals surface area (Å²) in [5.41, 5.74) is 8.26. The van der Waals surface area contributed by atoms with Crippen molar-refractivity contribution >= 4 is 23.2 Å². The molecule has 0 saturated heterocycles. The first-order valence-electron chi connectivity index (χ1n) is 6.89. The Hall–Kier alpha value is -2.00. The van der Waals surface area contributed by atoms with Gasteiger partial charge in [-0.2, -0.15) is 0 Å². The number of carbonyl (C=O) groups excluding carboxylic acids is 1. The second kappa shape index (κ2) is 6.64. The number of primary amides is 1. The normalized spacial score (nSPS) is 12.2. The SMILES string of the molecule is CC(C)c1ccc(C(Nc2ccccc2Cl)C(N)=O)cc1. The van der Waals surface area contributed by atoms with Crippen LogP contribution in [0.2, 0.25) is 5.02 Å². The Labute approximate surface area is 130 Å². The van der Waals surface area contributed by atoms with Crippen molar-refractivity contribution in [3.8, 4) is 0 Å². The molecule has 0 radical (unpaired) electrons. The third-order valence-electron chi connectivity index (χ3n) is 3.39. The molecule has 1 amide bonds. The van der Waals surface area contributed by atoms with Gasteiger partial charge in [-0.3, -0.25) is 4.79 Å². The molecule has 0 aliphatic carbocycles. The number of anilines is 1. The maximum atomic E-state index is 11.8. The molecule has 1 unspecified atom stereocenters. The molecule has 4 heteroatoms. The summed E-state index contributed by atoms with van der Waals surface area (Å²) in [5, 5.41) is 3.66. The Morgan fingerprint density at radius 1 is 1.05 bits per heavy atom. The molecular weight excluding hydrogens is 284 g/mol. The minimum Gasteiger partial charge on any atom is -0.369 e. The second-order valence-electron chi connectivity index (χ2n) is 5.28. The van der Waals surface area contributed by atoms with Crippen LogP contribution in [0.1, 0.15) is 36.9 Å². The fourth-order valence-corrected chi connectivity index (χ4v) is 2.32. The van der Waals surface area contributed by atoms with E-state index in [4.69, 9.17) is 17.3 Å². The van der Waals surface area contributed by atoms with Gasteiger partial charge in [-0.25, -0.2) is 0 Å². The van der Waals surface area contributed by atoms with E-state index in [9.17, 15) is 4.79 Å². The van der Waals surface area contributed by atoms with Crippen LogP contribution in [0.25, 0.3) is 0 Å². The highest BCUT2D eigenvalue weighted by molar-refractivity contribution is 6.33. The van der Waals surface area contributed by atoms with Crippen molar-refractivity contribution in [3.05, 3.63) is 64.7 Å². The summed E-state index contributed by atoms with van der Waals surface area (Å²) in [7, 11) is 0. The van der Waals surface area contributed by atoms with Crippen molar-refractivity contribution < 1.29 is 4.79 Å². The van der Waals surface area contributed by atoms with Crippen molar-refractivity contribution in [3.63, 3.8) is 0 Å². The average Bonchev–Trinajstić information content (AvgIpc) is 2.46. The number of amides is 1. The van der Waals surface area contributed by atoms with E-state index in [-0.39, 0.29) is 0 Å². The van der Waals surface area contributed by atoms with Gasteiger partial charge in [-0.1, -0.05) is 61.8 Å². The summed E-state index contributed by atoms with van der Waals surface area (Å²) in [6, 6.07) is 14.6. The minimum atomic E-state index is -0.605. The molecule has 110 valence electrons. The average molecular weight is 303 g/mol. The van der Waals surface area contributed by atoms with E-state index in [1.807, 2.05) is 42.5 Å². The van der Waals surface area contributed by atoms with E-state index in [2.05, 4.69) is 19.2 Å². The molecule has 0 spiro atoms. The summed E-state index contributed by atoms with van der Waals surface area (Å²) in [6.07, 6.45) is 0. The van der Waals surface area contributed by atoms with Gasteiger partial charge in [-0.15, -0.1) is 0 Å². The van der Waals surface area contributed by atoms with Crippen LogP contribution in [0.15, 0.2) is 48.5 Å². The van der Waals surface area contributed by atoms with Crippen molar-refractivity contribution in [1.29, 1.82) is 0 Å². The first-order chi connectivity index (χ1) is 9.99. The zero-order valence-corrected chi connectivity index (χ0v) is 12.9. The van der Waals surface area contributed by atoms with Crippen LogP contribution in [-0.2, 0) is 4.79 Å². The van der Waals surface area contributed by atoms with Crippen molar-refractivity contribution in [1.82, 2.24) is 0 Å². The summed E-state index contributed by atoms with van der Waals surface area (Å²) < 4.78 is 0. The zero-order chi connectivity index (χ0) is 15.4. The Morgan fingerprint density at radius 3 is 2.14 bits per heavy atom. The van der Waals surface area contributed by atoms with Crippen molar-refractivity contribution in [2.75, 3.05) is 5.32 Å². The van der Waals surface area contributed by atoms with Gasteiger partial charge >= 0.3 is 0 Å². The summed E-state index contributed by atoms with van der Waals surface area (Å²) in [6.45, 7) is 4.26. The van der Waals surface area contributed by atoms with E-state index >= 15 is 0 Å². The van der Waals surface area contributed by atoms with Gasteiger partial charge in [0.2, 0.25) is 5.91 Å². The lowest BCUT2D eigenvalue weighted by molar-refractivity contribution is -0.118. The molecule has 1 atom stereocenters. The lowest BCUT2D eigenvalue weighted by Gasteiger charge is -2.18. The van der Waals surface area contributed by atoms with Crippen LogP contribution in [0.5, 0.6) is 0 Å².